The number of nitrogens with zero attached hydrogens (tertiary/aromatic N) is 5. The number of anilines is 2. The van der Waals surface area contributed by atoms with Gasteiger partial charge in [0, 0.05) is 57.1 Å². The van der Waals surface area contributed by atoms with Gasteiger partial charge in [-0.3, -0.25) is 14.9 Å². The minimum Gasteiger partial charge on any atom is -0.378 e. The molecule has 1 aliphatic carbocycles. The van der Waals surface area contributed by atoms with Crippen molar-refractivity contribution in [3.05, 3.63) is 104 Å². The number of carbonyl (C=O) groups excluding carboxylic acids is 1. The summed E-state index contributed by atoms with van der Waals surface area (Å²) in [4.78, 5) is 29.0. The van der Waals surface area contributed by atoms with Crippen LogP contribution in [0.25, 0.3) is 6.08 Å². The van der Waals surface area contributed by atoms with Crippen LogP contribution in [0.15, 0.2) is 77.4 Å². The number of nitro benzene ring substituents is 1. The predicted molar refractivity (Wildman–Crippen MR) is 161 cm³/mol. The minimum atomic E-state index is -0.575. The molecule has 8 nitrogen and oxygen atoms in total. The number of benzene rings is 3. The Balaban J connectivity index is 1.57. The van der Waals surface area contributed by atoms with Crippen LogP contribution in [0, 0.1) is 16.0 Å². The van der Waals surface area contributed by atoms with Crippen molar-refractivity contribution < 1.29 is 9.72 Å². The Labute approximate surface area is 239 Å². The van der Waals surface area contributed by atoms with Gasteiger partial charge in [-0.05, 0) is 78.4 Å². The summed E-state index contributed by atoms with van der Waals surface area (Å²) in [6.45, 7) is 0. The number of hydrogen-bond acceptors (Lipinski definition) is 6. The topological polar surface area (TPSA) is 82.3 Å². The van der Waals surface area contributed by atoms with E-state index < -0.39 is 10.8 Å². The minimum absolute atomic E-state index is 0.00992. The highest BCUT2D eigenvalue weighted by Gasteiger charge is 2.44. The highest BCUT2D eigenvalue weighted by atomic mass is 35.5. The monoisotopic (exact) mass is 557 g/mol. The predicted octanol–water partition coefficient (Wildman–Crippen LogP) is 6.82. The van der Waals surface area contributed by atoms with Crippen LogP contribution in [-0.2, 0) is 0 Å². The second-order valence-corrected chi connectivity index (χ2v) is 11.1. The van der Waals surface area contributed by atoms with E-state index in [0.717, 1.165) is 53.0 Å². The highest BCUT2D eigenvalue weighted by molar-refractivity contribution is 6.32. The Hall–Kier alpha value is -4.17. The van der Waals surface area contributed by atoms with Crippen LogP contribution in [0.1, 0.15) is 46.8 Å². The molecule has 0 N–H and O–H groups in total. The van der Waals surface area contributed by atoms with Gasteiger partial charge in [0.2, 0.25) is 0 Å². The quantitative estimate of drug-likeness (QED) is 0.245. The number of hydrogen-bond donors (Lipinski definition) is 0. The summed E-state index contributed by atoms with van der Waals surface area (Å²) in [6.07, 6.45) is 4.90. The zero-order chi connectivity index (χ0) is 28.6. The molecule has 0 spiro atoms. The fourth-order valence-electron chi connectivity index (χ4n) is 5.46. The van der Waals surface area contributed by atoms with Gasteiger partial charge >= 0.3 is 0 Å². The summed E-state index contributed by atoms with van der Waals surface area (Å²) < 4.78 is 0. The van der Waals surface area contributed by atoms with Crippen LogP contribution in [-0.4, -0.2) is 49.7 Å². The Kier molecular flexibility index (Phi) is 7.63. The number of rotatable bonds is 6. The summed E-state index contributed by atoms with van der Waals surface area (Å²) in [7, 11) is 7.99. The number of hydrazone groups is 1. The van der Waals surface area contributed by atoms with E-state index >= 15 is 0 Å². The third kappa shape index (κ3) is 5.31. The number of fused-ring (bicyclic) bond motifs is 1. The summed E-state index contributed by atoms with van der Waals surface area (Å²) in [5.74, 6) is -0.379. The van der Waals surface area contributed by atoms with Gasteiger partial charge in [0.25, 0.3) is 11.6 Å². The first-order valence-corrected chi connectivity index (χ1v) is 13.6. The Bertz CT molecular complexity index is 1500. The maximum absolute atomic E-state index is 13.9. The third-order valence-corrected chi connectivity index (χ3v) is 7.92. The molecule has 0 saturated heterocycles. The van der Waals surface area contributed by atoms with Gasteiger partial charge in [0.1, 0.15) is 5.02 Å². The lowest BCUT2D eigenvalue weighted by atomic mass is 9.77. The lowest BCUT2D eigenvalue weighted by Crippen LogP contribution is -2.32. The van der Waals surface area contributed by atoms with Crippen LogP contribution < -0.4 is 9.80 Å². The summed E-state index contributed by atoms with van der Waals surface area (Å²) in [6, 6.07) is 20.3. The van der Waals surface area contributed by atoms with Crippen LogP contribution in [0.4, 0.5) is 17.1 Å². The normalized spacial score (nSPS) is 19.3. The lowest BCUT2D eigenvalue weighted by molar-refractivity contribution is -0.384. The standard InChI is InChI=1S/C31H32ClN5O3/c1-34(2)24-13-8-20(9-14-24)18-22-6-5-7-26-29(22)33-36(30(26)21-10-15-25(16-11-21)35(3)4)31(38)23-12-17-27(32)28(19-23)37(39)40/h8-19,26,30H,5-7H2,1-4H3/b22-18+/t26-,30+/m0/s1. The molecule has 2 atom stereocenters. The average molecular weight is 558 g/mol. The maximum Gasteiger partial charge on any atom is 0.288 e. The zero-order valence-corrected chi connectivity index (χ0v) is 23.8. The molecule has 3 aromatic rings. The molecule has 0 unspecified atom stereocenters. The van der Waals surface area contributed by atoms with Crippen molar-refractivity contribution in [3.8, 4) is 0 Å². The molecule has 2 aliphatic rings. The molecule has 1 fully saturated rings. The van der Waals surface area contributed by atoms with Gasteiger partial charge in [0.05, 0.1) is 16.7 Å². The molecule has 1 saturated carbocycles. The summed E-state index contributed by atoms with van der Waals surface area (Å²) >= 11 is 6.03. The molecule has 5 rings (SSSR count). The van der Waals surface area contributed by atoms with Gasteiger partial charge < -0.3 is 9.80 Å². The van der Waals surface area contributed by atoms with E-state index in [1.807, 2.05) is 57.4 Å². The van der Waals surface area contributed by atoms with Crippen molar-refractivity contribution in [1.29, 1.82) is 0 Å². The molecule has 0 bridgehead atoms. The number of halogens is 1. The average Bonchev–Trinajstić information content (AvgIpc) is 3.33. The second-order valence-electron chi connectivity index (χ2n) is 10.6. The van der Waals surface area contributed by atoms with Crippen molar-refractivity contribution in [1.82, 2.24) is 5.01 Å². The van der Waals surface area contributed by atoms with Crippen LogP contribution in [0.5, 0.6) is 0 Å². The second kappa shape index (κ2) is 11.1. The lowest BCUT2D eigenvalue weighted by Gasteiger charge is -2.30. The number of nitro groups is 1. The van der Waals surface area contributed by atoms with Gasteiger partial charge in [-0.25, -0.2) is 5.01 Å². The number of carbonyl (C=O) groups is 1. The Morgan fingerprint density at radius 1 is 1.00 bits per heavy atom. The summed E-state index contributed by atoms with van der Waals surface area (Å²) in [5.41, 5.74) is 6.12. The van der Waals surface area contributed by atoms with Crippen molar-refractivity contribution in [2.45, 2.75) is 25.3 Å². The van der Waals surface area contributed by atoms with E-state index in [0.29, 0.717) is 0 Å². The van der Waals surface area contributed by atoms with Crippen molar-refractivity contribution in [2.75, 3.05) is 38.0 Å². The van der Waals surface area contributed by atoms with Gasteiger partial charge in [-0.15, -0.1) is 0 Å². The molecule has 206 valence electrons. The maximum atomic E-state index is 13.9. The fraction of sp³-hybridized carbons (Fsp3) is 0.290. The highest BCUT2D eigenvalue weighted by Crippen LogP contribution is 2.45. The van der Waals surface area contributed by atoms with Crippen molar-refractivity contribution in [2.24, 2.45) is 11.0 Å². The fourth-order valence-corrected chi connectivity index (χ4v) is 5.65. The number of amides is 1. The molecule has 9 heteroatoms. The van der Waals surface area contributed by atoms with E-state index in [1.54, 1.807) is 0 Å². The zero-order valence-electron chi connectivity index (χ0n) is 23.0. The largest absolute Gasteiger partial charge is 0.378 e. The van der Waals surface area contributed by atoms with Crippen molar-refractivity contribution in [3.63, 3.8) is 0 Å². The molecule has 1 amide bonds. The first kappa shape index (κ1) is 27.4. The van der Waals surface area contributed by atoms with Crippen LogP contribution >= 0.6 is 11.6 Å². The van der Waals surface area contributed by atoms with Gasteiger partial charge in [0.15, 0.2) is 0 Å². The number of allylic oxidation sites excluding steroid dienone is 1. The SMILES string of the molecule is CN(C)c1ccc(/C=C2\CCC[C@H]3C2=NN(C(=O)c2ccc(Cl)c([N+](=O)[O-])c2)[C@@H]3c2ccc(N(C)C)cc2)cc1. The summed E-state index contributed by atoms with van der Waals surface area (Å²) in [5, 5.41) is 18.0. The third-order valence-electron chi connectivity index (χ3n) is 7.60. The van der Waals surface area contributed by atoms with E-state index in [-0.39, 0.29) is 28.2 Å². The van der Waals surface area contributed by atoms with Gasteiger partial charge in [-0.1, -0.05) is 35.9 Å². The van der Waals surface area contributed by atoms with E-state index in [1.165, 1.54) is 23.2 Å². The molecule has 0 aromatic heterocycles. The van der Waals surface area contributed by atoms with Crippen LogP contribution in [0.2, 0.25) is 5.02 Å². The van der Waals surface area contributed by atoms with Crippen molar-refractivity contribution >= 4 is 46.4 Å². The van der Waals surface area contributed by atoms with E-state index in [9.17, 15) is 14.9 Å². The molecular weight excluding hydrogens is 526 g/mol. The first-order valence-electron chi connectivity index (χ1n) is 13.3. The molecule has 1 aliphatic heterocycles. The molecule has 1 heterocycles. The first-order chi connectivity index (χ1) is 19.1. The van der Waals surface area contributed by atoms with E-state index in [2.05, 4.69) is 35.2 Å². The molecule has 40 heavy (non-hydrogen) atoms. The smallest absolute Gasteiger partial charge is 0.288 e. The Morgan fingerprint density at radius 3 is 2.23 bits per heavy atom. The Morgan fingerprint density at radius 2 is 1.62 bits per heavy atom. The van der Waals surface area contributed by atoms with Gasteiger partial charge in [-0.2, -0.15) is 5.10 Å². The molecule has 0 radical (unpaired) electrons. The van der Waals surface area contributed by atoms with Crippen LogP contribution in [0.3, 0.4) is 0 Å². The van der Waals surface area contributed by atoms with E-state index in [4.69, 9.17) is 16.7 Å². The molecular formula is C31H32ClN5O3. The molecule has 3 aromatic carbocycles.